The maximum atomic E-state index is 6.19. The number of rotatable bonds is 9. The molecule has 0 aliphatic carbocycles. The summed E-state index contributed by atoms with van der Waals surface area (Å²) in [6.45, 7) is 5.01. The Balaban J connectivity index is 1.38. The second kappa shape index (κ2) is 7.81. The van der Waals surface area contributed by atoms with Crippen LogP contribution in [0.5, 0.6) is 23.0 Å². The van der Waals surface area contributed by atoms with Crippen LogP contribution in [0.2, 0.25) is 0 Å². The molecule has 6 heteroatoms. The molecule has 4 rings (SSSR count). The molecule has 0 aromatic heterocycles. The number of unbranched alkanes of at least 4 members (excludes halogenated alkanes) is 4. The van der Waals surface area contributed by atoms with Crippen molar-refractivity contribution in [3.63, 3.8) is 0 Å². The van der Waals surface area contributed by atoms with E-state index in [1.165, 1.54) is 25.7 Å². The normalized spacial score (nSPS) is 18.9. The van der Waals surface area contributed by atoms with Crippen molar-refractivity contribution in [3.8, 4) is 23.0 Å². The fraction of sp³-hybridized carbons (Fsp3) is 0.455. The van der Waals surface area contributed by atoms with E-state index in [2.05, 4.69) is 13.8 Å². The van der Waals surface area contributed by atoms with Crippen LogP contribution in [0, 0.1) is 5.92 Å². The van der Waals surface area contributed by atoms with Crippen LogP contribution in [0.4, 0.5) is 0 Å². The molecule has 2 aliphatic heterocycles. The van der Waals surface area contributed by atoms with E-state index in [9.17, 15) is 0 Å². The first-order valence-electron chi connectivity index (χ1n) is 10.2. The van der Waals surface area contributed by atoms with Crippen LogP contribution in [-0.2, 0) is 4.52 Å². The van der Waals surface area contributed by atoms with Crippen molar-refractivity contribution < 1.29 is 22.6 Å². The molecule has 28 heavy (non-hydrogen) atoms. The summed E-state index contributed by atoms with van der Waals surface area (Å²) < 4.78 is 30.7. The van der Waals surface area contributed by atoms with Crippen molar-refractivity contribution in [3.05, 3.63) is 48.5 Å². The van der Waals surface area contributed by atoms with Crippen molar-refractivity contribution in [2.45, 2.75) is 52.4 Å². The second-order valence-electron chi connectivity index (χ2n) is 7.79. The number of hydrogen-bond acceptors (Lipinski definition) is 5. The Kier molecular flexibility index (Phi) is 5.39. The summed E-state index contributed by atoms with van der Waals surface area (Å²) in [6.07, 6.45) is 7.07. The number of para-hydroxylation sites is 4. The quantitative estimate of drug-likeness (QED) is 0.330. The molecule has 0 bridgehead atoms. The first-order chi connectivity index (χ1) is 13.6. The monoisotopic (exact) mass is 404 g/mol. The van der Waals surface area contributed by atoms with Gasteiger partial charge in [0.15, 0.2) is 0 Å². The summed E-state index contributed by atoms with van der Waals surface area (Å²) >= 11 is 0. The van der Waals surface area contributed by atoms with Gasteiger partial charge in [-0.25, -0.2) is 0 Å². The summed E-state index contributed by atoms with van der Waals surface area (Å²) in [4.78, 5) is 0. The van der Waals surface area contributed by atoms with Gasteiger partial charge in [-0.1, -0.05) is 0 Å². The Morgan fingerprint density at radius 3 is 1.57 bits per heavy atom. The summed E-state index contributed by atoms with van der Waals surface area (Å²) in [7, 11) is -4.21. The summed E-state index contributed by atoms with van der Waals surface area (Å²) in [6, 6.07) is 14.9. The first-order valence-corrected chi connectivity index (χ1v) is 12.1. The molecule has 0 atom stereocenters. The molecule has 2 aromatic rings. The van der Waals surface area contributed by atoms with Gasteiger partial charge in [0.2, 0.25) is 0 Å². The van der Waals surface area contributed by atoms with Gasteiger partial charge in [0, 0.05) is 0 Å². The van der Waals surface area contributed by atoms with E-state index in [1.54, 1.807) is 0 Å². The molecule has 0 saturated carbocycles. The SMILES string of the molecule is CC(C)CCCCCCCOP12(Oc3ccccc3O1)Oc1ccccc1O2. The van der Waals surface area contributed by atoms with Crippen LogP contribution < -0.4 is 18.1 Å². The van der Waals surface area contributed by atoms with E-state index >= 15 is 0 Å². The molecule has 0 fully saturated rings. The number of hydrogen-bond donors (Lipinski definition) is 0. The minimum absolute atomic E-state index is 0.462. The zero-order valence-corrected chi connectivity index (χ0v) is 17.5. The minimum atomic E-state index is -4.21. The molecule has 5 nitrogen and oxygen atoms in total. The Bertz CT molecular complexity index is 709. The van der Waals surface area contributed by atoms with Gasteiger partial charge in [-0.3, -0.25) is 0 Å². The molecular weight excluding hydrogens is 375 g/mol. The molecule has 2 aromatic carbocycles. The van der Waals surface area contributed by atoms with Gasteiger partial charge in [0.05, 0.1) is 0 Å². The molecule has 0 amide bonds. The number of fused-ring (bicyclic) bond motifs is 2. The summed E-state index contributed by atoms with van der Waals surface area (Å²) in [5, 5.41) is 0. The second-order valence-corrected chi connectivity index (χ2v) is 10.3. The van der Waals surface area contributed by atoms with Crippen molar-refractivity contribution in [1.29, 1.82) is 0 Å². The van der Waals surface area contributed by atoms with Crippen LogP contribution in [0.1, 0.15) is 52.4 Å². The molecule has 2 aliphatic rings. The van der Waals surface area contributed by atoms with Gasteiger partial charge < -0.3 is 0 Å². The van der Waals surface area contributed by atoms with Crippen LogP contribution in [0.25, 0.3) is 0 Å². The predicted octanol–water partition coefficient (Wildman–Crippen LogP) is 7.07. The third kappa shape index (κ3) is 3.92. The Hall–Kier alpha value is -1.97. The number of benzene rings is 2. The van der Waals surface area contributed by atoms with Gasteiger partial charge in [0.25, 0.3) is 0 Å². The fourth-order valence-electron chi connectivity index (χ4n) is 3.46. The zero-order chi connectivity index (χ0) is 19.5. The Morgan fingerprint density at radius 1 is 0.679 bits per heavy atom. The predicted molar refractivity (Wildman–Crippen MR) is 111 cm³/mol. The molecule has 0 saturated heterocycles. The van der Waals surface area contributed by atoms with E-state index in [1.807, 2.05) is 48.5 Å². The van der Waals surface area contributed by atoms with Crippen molar-refractivity contribution in [2.75, 3.05) is 6.61 Å². The summed E-state index contributed by atoms with van der Waals surface area (Å²) in [5.41, 5.74) is 0. The Morgan fingerprint density at radius 2 is 1.11 bits per heavy atom. The fourth-order valence-corrected chi connectivity index (χ4v) is 6.21. The molecule has 1 spiro atoms. The van der Waals surface area contributed by atoms with Crippen molar-refractivity contribution >= 4 is 7.74 Å². The van der Waals surface area contributed by atoms with Gasteiger partial charge in [-0.15, -0.1) is 0 Å². The average Bonchev–Trinajstić information content (AvgIpc) is 3.17. The molecule has 0 unspecified atom stereocenters. The average molecular weight is 404 g/mol. The molecular formula is C22H29O5P. The third-order valence-electron chi connectivity index (χ3n) is 4.92. The standard InChI is InChI=1S/C22H29O5P/c1-18(2)12-6-4-3-5-11-17-23-28(24-19-13-7-8-14-20(19)25-28)26-21-15-9-10-16-22(21)27-28/h7-10,13-16,18H,3-6,11-12,17H2,1-2H3. The van der Waals surface area contributed by atoms with Crippen LogP contribution in [-0.4, -0.2) is 6.61 Å². The maximum absolute atomic E-state index is 6.19. The molecule has 2 heterocycles. The third-order valence-corrected chi connectivity index (χ3v) is 7.50. The Labute approximate surface area is 167 Å². The zero-order valence-electron chi connectivity index (χ0n) is 16.6. The summed E-state index contributed by atoms with van der Waals surface area (Å²) in [5.74, 6) is 3.12. The first kappa shape index (κ1) is 19.4. The van der Waals surface area contributed by atoms with E-state index in [4.69, 9.17) is 22.6 Å². The van der Waals surface area contributed by atoms with E-state index in [-0.39, 0.29) is 0 Å². The van der Waals surface area contributed by atoms with Crippen molar-refractivity contribution in [1.82, 2.24) is 0 Å². The van der Waals surface area contributed by atoms with E-state index in [0.717, 1.165) is 18.8 Å². The van der Waals surface area contributed by atoms with Gasteiger partial charge in [-0.05, 0) is 0 Å². The topological polar surface area (TPSA) is 46.2 Å². The van der Waals surface area contributed by atoms with Crippen molar-refractivity contribution in [2.24, 2.45) is 5.92 Å². The van der Waals surface area contributed by atoms with Crippen LogP contribution in [0.3, 0.4) is 0 Å². The van der Waals surface area contributed by atoms with Crippen LogP contribution >= 0.6 is 7.74 Å². The van der Waals surface area contributed by atoms with E-state index < -0.39 is 7.74 Å². The van der Waals surface area contributed by atoms with Gasteiger partial charge >= 0.3 is 167 Å². The molecule has 152 valence electrons. The van der Waals surface area contributed by atoms with Crippen LogP contribution in [0.15, 0.2) is 48.5 Å². The van der Waals surface area contributed by atoms with Gasteiger partial charge in [0.1, 0.15) is 0 Å². The van der Waals surface area contributed by atoms with E-state index in [0.29, 0.717) is 29.6 Å². The molecule has 0 N–H and O–H groups in total. The van der Waals surface area contributed by atoms with Gasteiger partial charge in [-0.2, -0.15) is 0 Å². The molecule has 0 radical (unpaired) electrons.